The zero-order valence-corrected chi connectivity index (χ0v) is 9.20. The summed E-state index contributed by atoms with van der Waals surface area (Å²) < 4.78 is 0. The minimum atomic E-state index is -0.975. The van der Waals surface area contributed by atoms with Gasteiger partial charge in [-0.25, -0.2) is 4.79 Å². The molecule has 0 saturated heterocycles. The SMILES string of the molecule is CC(C)CC(=O)N[C@@H](C(=O)O)C(C)C. The van der Waals surface area contributed by atoms with Gasteiger partial charge in [0.25, 0.3) is 0 Å². The lowest BCUT2D eigenvalue weighted by atomic mass is 10.0. The normalized spacial score (nSPS) is 13.0. The first-order valence-corrected chi connectivity index (χ1v) is 4.86. The van der Waals surface area contributed by atoms with Gasteiger partial charge in [0.2, 0.25) is 5.91 Å². The van der Waals surface area contributed by atoms with Gasteiger partial charge in [-0.1, -0.05) is 27.7 Å². The fourth-order valence-corrected chi connectivity index (χ4v) is 1.12. The van der Waals surface area contributed by atoms with Gasteiger partial charge in [-0.2, -0.15) is 0 Å². The van der Waals surface area contributed by atoms with Crippen LogP contribution in [0.4, 0.5) is 0 Å². The minimum Gasteiger partial charge on any atom is -0.480 e. The Hall–Kier alpha value is -1.06. The third kappa shape index (κ3) is 4.84. The van der Waals surface area contributed by atoms with Crippen molar-refractivity contribution in [3.63, 3.8) is 0 Å². The van der Waals surface area contributed by atoms with E-state index in [0.29, 0.717) is 6.42 Å². The molecule has 0 aromatic carbocycles. The zero-order chi connectivity index (χ0) is 11.3. The summed E-state index contributed by atoms with van der Waals surface area (Å²) in [5.74, 6) is -1.02. The minimum absolute atomic E-state index is 0.0939. The van der Waals surface area contributed by atoms with E-state index in [1.165, 1.54) is 0 Å². The second-order valence-corrected chi connectivity index (χ2v) is 4.23. The highest BCUT2D eigenvalue weighted by molar-refractivity contribution is 5.83. The zero-order valence-electron chi connectivity index (χ0n) is 9.20. The quantitative estimate of drug-likeness (QED) is 0.703. The highest BCUT2D eigenvalue weighted by atomic mass is 16.4. The lowest BCUT2D eigenvalue weighted by Gasteiger charge is -2.18. The number of carbonyl (C=O) groups is 2. The Kier molecular flexibility index (Phi) is 5.20. The summed E-state index contributed by atoms with van der Waals surface area (Å²) in [7, 11) is 0. The standard InChI is InChI=1S/C10H19NO3/c1-6(2)5-8(12)11-9(7(3)4)10(13)14/h6-7,9H,5H2,1-4H3,(H,11,12)(H,13,14)/t9-/m1/s1. The molecule has 82 valence electrons. The van der Waals surface area contributed by atoms with E-state index in [1.54, 1.807) is 13.8 Å². The van der Waals surface area contributed by atoms with Crippen LogP contribution in [0.1, 0.15) is 34.1 Å². The van der Waals surface area contributed by atoms with Gasteiger partial charge in [0.1, 0.15) is 6.04 Å². The first-order chi connectivity index (χ1) is 6.34. The van der Waals surface area contributed by atoms with Crippen LogP contribution in [0.25, 0.3) is 0 Å². The van der Waals surface area contributed by atoms with Crippen molar-refractivity contribution in [2.24, 2.45) is 11.8 Å². The number of nitrogens with one attached hydrogen (secondary N) is 1. The van der Waals surface area contributed by atoms with Gasteiger partial charge >= 0.3 is 5.97 Å². The van der Waals surface area contributed by atoms with Crippen molar-refractivity contribution >= 4 is 11.9 Å². The smallest absolute Gasteiger partial charge is 0.326 e. The maximum atomic E-state index is 11.3. The van der Waals surface area contributed by atoms with Crippen LogP contribution in [0.15, 0.2) is 0 Å². The summed E-state index contributed by atoms with van der Waals surface area (Å²) in [5.41, 5.74) is 0. The molecule has 0 bridgehead atoms. The number of hydrogen-bond acceptors (Lipinski definition) is 2. The van der Waals surface area contributed by atoms with E-state index in [1.807, 2.05) is 13.8 Å². The van der Waals surface area contributed by atoms with Crippen LogP contribution in [-0.2, 0) is 9.59 Å². The predicted molar refractivity (Wildman–Crippen MR) is 53.9 cm³/mol. The van der Waals surface area contributed by atoms with E-state index < -0.39 is 12.0 Å². The third-order valence-electron chi connectivity index (χ3n) is 1.84. The van der Waals surface area contributed by atoms with E-state index in [0.717, 1.165) is 0 Å². The summed E-state index contributed by atoms with van der Waals surface area (Å²) in [4.78, 5) is 22.0. The summed E-state index contributed by atoms with van der Waals surface area (Å²) in [6, 6.07) is -0.777. The molecule has 14 heavy (non-hydrogen) atoms. The Balaban J connectivity index is 4.17. The molecule has 0 aliphatic carbocycles. The molecule has 4 nitrogen and oxygen atoms in total. The molecule has 0 aliphatic rings. The second-order valence-electron chi connectivity index (χ2n) is 4.23. The molecular weight excluding hydrogens is 182 g/mol. The van der Waals surface area contributed by atoms with Crippen LogP contribution in [-0.4, -0.2) is 23.0 Å². The van der Waals surface area contributed by atoms with Gasteiger partial charge in [-0.3, -0.25) is 4.79 Å². The van der Waals surface area contributed by atoms with Crippen molar-refractivity contribution in [1.82, 2.24) is 5.32 Å². The predicted octanol–water partition coefficient (Wildman–Crippen LogP) is 1.26. The Bertz CT molecular complexity index is 211. The molecule has 0 aliphatic heterocycles. The first kappa shape index (κ1) is 12.9. The summed E-state index contributed by atoms with van der Waals surface area (Å²) >= 11 is 0. The fraction of sp³-hybridized carbons (Fsp3) is 0.800. The molecule has 4 heteroatoms. The average Bonchev–Trinajstić information content (AvgIpc) is 1.97. The molecule has 2 N–H and O–H groups in total. The van der Waals surface area contributed by atoms with E-state index in [2.05, 4.69) is 5.32 Å². The monoisotopic (exact) mass is 201 g/mol. The second kappa shape index (κ2) is 5.62. The maximum Gasteiger partial charge on any atom is 0.326 e. The summed E-state index contributed by atoms with van der Waals surface area (Å²) in [6.07, 6.45) is 0.372. The molecule has 0 spiro atoms. The van der Waals surface area contributed by atoms with Gasteiger partial charge in [0, 0.05) is 6.42 Å². The van der Waals surface area contributed by atoms with E-state index in [4.69, 9.17) is 5.11 Å². The van der Waals surface area contributed by atoms with E-state index in [-0.39, 0.29) is 17.7 Å². The number of carbonyl (C=O) groups excluding carboxylic acids is 1. The van der Waals surface area contributed by atoms with Crippen molar-refractivity contribution < 1.29 is 14.7 Å². The maximum absolute atomic E-state index is 11.3. The first-order valence-electron chi connectivity index (χ1n) is 4.86. The topological polar surface area (TPSA) is 66.4 Å². The third-order valence-corrected chi connectivity index (χ3v) is 1.84. The molecule has 0 aromatic rings. The molecule has 0 rings (SSSR count). The molecular formula is C10H19NO3. The molecule has 1 atom stereocenters. The fourth-order valence-electron chi connectivity index (χ4n) is 1.12. The number of amides is 1. The Morgan fingerprint density at radius 3 is 2.00 bits per heavy atom. The van der Waals surface area contributed by atoms with Crippen molar-refractivity contribution in [3.8, 4) is 0 Å². The van der Waals surface area contributed by atoms with E-state index >= 15 is 0 Å². The molecule has 0 unspecified atom stereocenters. The van der Waals surface area contributed by atoms with Crippen LogP contribution >= 0.6 is 0 Å². The molecule has 0 fully saturated rings. The Morgan fingerprint density at radius 1 is 1.21 bits per heavy atom. The van der Waals surface area contributed by atoms with Crippen molar-refractivity contribution in [3.05, 3.63) is 0 Å². The van der Waals surface area contributed by atoms with Gasteiger partial charge in [-0.05, 0) is 11.8 Å². The summed E-state index contributed by atoms with van der Waals surface area (Å²) in [6.45, 7) is 7.39. The highest BCUT2D eigenvalue weighted by Crippen LogP contribution is 2.04. The van der Waals surface area contributed by atoms with Gasteiger partial charge in [-0.15, -0.1) is 0 Å². The molecule has 0 heterocycles. The largest absolute Gasteiger partial charge is 0.480 e. The highest BCUT2D eigenvalue weighted by Gasteiger charge is 2.23. The van der Waals surface area contributed by atoms with Crippen molar-refractivity contribution in [2.75, 3.05) is 0 Å². The van der Waals surface area contributed by atoms with Crippen LogP contribution in [0.2, 0.25) is 0 Å². The van der Waals surface area contributed by atoms with Gasteiger partial charge in [0.05, 0.1) is 0 Å². The van der Waals surface area contributed by atoms with Gasteiger partial charge < -0.3 is 10.4 Å². The Morgan fingerprint density at radius 2 is 1.71 bits per heavy atom. The van der Waals surface area contributed by atoms with Crippen LogP contribution < -0.4 is 5.32 Å². The van der Waals surface area contributed by atoms with Crippen LogP contribution in [0.5, 0.6) is 0 Å². The summed E-state index contributed by atoms with van der Waals surface area (Å²) in [5, 5.41) is 11.3. The number of carboxylic acids is 1. The lowest BCUT2D eigenvalue weighted by Crippen LogP contribution is -2.44. The number of carboxylic acid groups (broad SMARTS) is 1. The van der Waals surface area contributed by atoms with Crippen LogP contribution in [0.3, 0.4) is 0 Å². The number of hydrogen-bond donors (Lipinski definition) is 2. The molecule has 0 radical (unpaired) electrons. The molecule has 0 aromatic heterocycles. The average molecular weight is 201 g/mol. The lowest BCUT2D eigenvalue weighted by molar-refractivity contribution is -0.143. The molecule has 1 amide bonds. The molecule has 0 saturated carbocycles. The number of rotatable bonds is 5. The van der Waals surface area contributed by atoms with Crippen molar-refractivity contribution in [2.45, 2.75) is 40.2 Å². The van der Waals surface area contributed by atoms with Crippen molar-refractivity contribution in [1.29, 1.82) is 0 Å². The van der Waals surface area contributed by atoms with E-state index in [9.17, 15) is 9.59 Å². The van der Waals surface area contributed by atoms with Gasteiger partial charge in [0.15, 0.2) is 0 Å². The number of aliphatic carboxylic acids is 1. The Labute approximate surface area is 84.7 Å². The van der Waals surface area contributed by atoms with Crippen LogP contribution in [0, 0.1) is 11.8 Å².